The van der Waals surface area contributed by atoms with Gasteiger partial charge in [0.1, 0.15) is 17.9 Å². The van der Waals surface area contributed by atoms with Crippen molar-refractivity contribution in [1.29, 1.82) is 0 Å². The standard InChI is InChI=1S/C43H53ClN9O4P/c1-57-38-24-34(12-13-36(38)47-42-45-25-35(44)41(49-42)46-37-6-4-5-7-39(37)58(2,3)56)51-21-16-31(17-22-51)30-14-19-50(20-15-30)26-29-27-52(28-29)32-8-10-33(11-9-32)53-23-18-40(54)48-43(53)55/h4-13,24-25,29-31H,14-23,26-28H2,1-3H3,(H,48,54,55)(H2,45,46,47,49). The van der Waals surface area contributed by atoms with E-state index in [-0.39, 0.29) is 11.9 Å². The number of halogens is 1. The van der Waals surface area contributed by atoms with E-state index >= 15 is 0 Å². The Bertz CT molecular complexity index is 2160. The number of ether oxygens (including phenoxy) is 1. The summed E-state index contributed by atoms with van der Waals surface area (Å²) >= 11 is 6.49. The predicted molar refractivity (Wildman–Crippen MR) is 234 cm³/mol. The van der Waals surface area contributed by atoms with Gasteiger partial charge in [0.2, 0.25) is 11.9 Å². The van der Waals surface area contributed by atoms with Crippen molar-refractivity contribution < 1.29 is 18.9 Å². The fraction of sp³-hybridized carbons (Fsp3) is 0.442. The topological polar surface area (TPSA) is 135 Å². The van der Waals surface area contributed by atoms with Crippen molar-refractivity contribution in [1.82, 2.24) is 20.2 Å². The first-order chi connectivity index (χ1) is 28.0. The number of benzene rings is 3. The summed E-state index contributed by atoms with van der Waals surface area (Å²) in [5, 5.41) is 10.0. The number of nitrogens with one attached hydrogen (secondary N) is 3. The Labute approximate surface area is 345 Å². The number of para-hydroxylation sites is 1. The maximum atomic E-state index is 12.9. The zero-order chi connectivity index (χ0) is 40.4. The van der Waals surface area contributed by atoms with Crippen molar-refractivity contribution in [2.24, 2.45) is 17.8 Å². The molecule has 4 aliphatic rings. The van der Waals surface area contributed by atoms with Gasteiger partial charge in [-0.25, -0.2) is 9.78 Å². The molecule has 5 heterocycles. The van der Waals surface area contributed by atoms with E-state index in [2.05, 4.69) is 64.9 Å². The lowest BCUT2D eigenvalue weighted by atomic mass is 9.78. The summed E-state index contributed by atoms with van der Waals surface area (Å²) in [7, 11) is -0.860. The van der Waals surface area contributed by atoms with Crippen LogP contribution < -0.4 is 40.7 Å². The Kier molecular flexibility index (Phi) is 11.8. The van der Waals surface area contributed by atoms with E-state index in [9.17, 15) is 14.2 Å². The highest BCUT2D eigenvalue weighted by atomic mass is 35.5. The molecular formula is C43H53ClN9O4P. The second kappa shape index (κ2) is 17.2. The zero-order valence-corrected chi connectivity index (χ0v) is 35.1. The molecule has 58 heavy (non-hydrogen) atoms. The van der Waals surface area contributed by atoms with Gasteiger partial charge in [0, 0.05) is 80.0 Å². The smallest absolute Gasteiger partial charge is 0.328 e. The molecule has 13 nitrogen and oxygen atoms in total. The minimum absolute atomic E-state index is 0.214. The minimum atomic E-state index is -2.53. The van der Waals surface area contributed by atoms with Gasteiger partial charge in [-0.05, 0) is 112 Å². The summed E-state index contributed by atoms with van der Waals surface area (Å²) in [6.07, 6.45) is 6.84. The van der Waals surface area contributed by atoms with Crippen LogP contribution in [0.5, 0.6) is 5.75 Å². The third kappa shape index (κ3) is 9.07. The van der Waals surface area contributed by atoms with Crippen LogP contribution >= 0.6 is 18.7 Å². The molecule has 4 aliphatic heterocycles. The number of methoxy groups -OCH3 is 1. The van der Waals surface area contributed by atoms with Crippen LogP contribution in [-0.4, -0.2) is 99.6 Å². The monoisotopic (exact) mass is 825 g/mol. The minimum Gasteiger partial charge on any atom is -0.494 e. The number of piperidine rings is 2. The summed E-state index contributed by atoms with van der Waals surface area (Å²) in [5.41, 5.74) is 4.61. The van der Waals surface area contributed by atoms with Gasteiger partial charge in [0.05, 0.1) is 24.7 Å². The molecule has 4 aromatic rings. The molecule has 0 aliphatic carbocycles. The van der Waals surface area contributed by atoms with Crippen molar-refractivity contribution in [3.05, 3.63) is 77.9 Å². The summed E-state index contributed by atoms with van der Waals surface area (Å²) in [5.74, 6) is 3.50. The van der Waals surface area contributed by atoms with Gasteiger partial charge >= 0.3 is 6.03 Å². The van der Waals surface area contributed by atoms with Gasteiger partial charge < -0.3 is 34.6 Å². The summed E-state index contributed by atoms with van der Waals surface area (Å²) in [4.78, 5) is 41.9. The number of carbonyl (C=O) groups is 2. The SMILES string of the molecule is COc1cc(N2CCC(C3CCN(CC4CN(c5ccc(N6CCC(=O)NC6=O)cc5)C4)CC3)CC2)ccc1Nc1ncc(Cl)c(Nc2ccccc2P(C)(C)=O)n1. The number of likely N-dealkylation sites (tertiary alicyclic amines) is 1. The highest BCUT2D eigenvalue weighted by Gasteiger charge is 2.34. The number of urea groups is 1. The third-order valence-corrected chi connectivity index (χ3v) is 14.0. The van der Waals surface area contributed by atoms with E-state index in [0.717, 1.165) is 66.9 Å². The Balaban J connectivity index is 0.784. The Hall–Kier alpha value is -4.84. The molecule has 306 valence electrons. The molecule has 0 atom stereocenters. The Morgan fingerprint density at radius 3 is 2.19 bits per heavy atom. The lowest BCUT2D eigenvalue weighted by Crippen LogP contribution is -2.53. The van der Waals surface area contributed by atoms with E-state index in [1.807, 2.05) is 42.5 Å². The average Bonchev–Trinajstić information content (AvgIpc) is 3.21. The highest BCUT2D eigenvalue weighted by Crippen LogP contribution is 2.40. The van der Waals surface area contributed by atoms with Gasteiger partial charge in [0.25, 0.3) is 0 Å². The average molecular weight is 826 g/mol. The maximum absolute atomic E-state index is 12.9. The predicted octanol–water partition coefficient (Wildman–Crippen LogP) is 7.38. The van der Waals surface area contributed by atoms with Crippen LogP contribution in [0.1, 0.15) is 32.1 Å². The first-order valence-corrected chi connectivity index (χ1v) is 23.3. The Morgan fingerprint density at radius 1 is 0.828 bits per heavy atom. The number of hydrogen-bond acceptors (Lipinski definition) is 11. The van der Waals surface area contributed by atoms with Gasteiger partial charge in [0.15, 0.2) is 5.82 Å². The molecule has 8 rings (SSSR count). The van der Waals surface area contributed by atoms with E-state index in [1.54, 1.807) is 31.5 Å². The number of hydrogen-bond donors (Lipinski definition) is 3. The first-order valence-electron chi connectivity index (χ1n) is 20.3. The van der Waals surface area contributed by atoms with E-state index in [0.29, 0.717) is 47.1 Å². The molecule has 0 spiro atoms. The largest absolute Gasteiger partial charge is 0.494 e. The van der Waals surface area contributed by atoms with Gasteiger partial charge in [-0.3, -0.25) is 15.0 Å². The summed E-state index contributed by atoms with van der Waals surface area (Å²) < 4.78 is 18.7. The molecule has 3 aromatic carbocycles. The third-order valence-electron chi connectivity index (χ3n) is 12.2. The molecule has 4 saturated heterocycles. The van der Waals surface area contributed by atoms with Crippen LogP contribution in [0.2, 0.25) is 5.02 Å². The van der Waals surface area contributed by atoms with E-state index in [4.69, 9.17) is 16.3 Å². The van der Waals surface area contributed by atoms with Crippen LogP contribution in [0, 0.1) is 17.8 Å². The molecule has 0 bridgehead atoms. The molecule has 1 aromatic heterocycles. The number of aromatic nitrogens is 2. The maximum Gasteiger partial charge on any atom is 0.328 e. The van der Waals surface area contributed by atoms with Crippen LogP contribution in [0.4, 0.5) is 45.0 Å². The van der Waals surface area contributed by atoms with Crippen LogP contribution in [0.15, 0.2) is 72.9 Å². The lowest BCUT2D eigenvalue weighted by molar-refractivity contribution is -0.120. The van der Waals surface area contributed by atoms with Crippen molar-refractivity contribution in [2.75, 3.05) is 98.1 Å². The summed E-state index contributed by atoms with van der Waals surface area (Å²) in [6.45, 7) is 11.6. The molecule has 15 heteroatoms. The van der Waals surface area contributed by atoms with Crippen molar-refractivity contribution in [2.45, 2.75) is 32.1 Å². The molecular weight excluding hydrogens is 773 g/mol. The lowest BCUT2D eigenvalue weighted by Gasteiger charge is -2.45. The molecule has 3 amide bonds. The summed E-state index contributed by atoms with van der Waals surface area (Å²) in [6, 6.07) is 21.5. The Morgan fingerprint density at radius 2 is 1.50 bits per heavy atom. The number of imide groups is 1. The number of rotatable bonds is 12. The molecule has 0 saturated carbocycles. The number of amides is 3. The molecule has 0 unspecified atom stereocenters. The van der Waals surface area contributed by atoms with Crippen LogP contribution in [0.25, 0.3) is 0 Å². The van der Waals surface area contributed by atoms with Crippen molar-refractivity contribution in [3.8, 4) is 5.75 Å². The van der Waals surface area contributed by atoms with Gasteiger partial charge in [-0.2, -0.15) is 4.98 Å². The van der Waals surface area contributed by atoms with E-state index in [1.165, 1.54) is 44.5 Å². The zero-order valence-electron chi connectivity index (χ0n) is 33.5. The number of nitrogens with zero attached hydrogens (tertiary/aromatic N) is 6. The van der Waals surface area contributed by atoms with Gasteiger partial charge in [-0.1, -0.05) is 23.7 Å². The van der Waals surface area contributed by atoms with E-state index < -0.39 is 7.14 Å². The quantitative estimate of drug-likeness (QED) is 0.124. The highest BCUT2D eigenvalue weighted by molar-refractivity contribution is 7.70. The molecule has 4 fully saturated rings. The first kappa shape index (κ1) is 40.0. The van der Waals surface area contributed by atoms with Gasteiger partial charge in [-0.15, -0.1) is 0 Å². The van der Waals surface area contributed by atoms with Crippen LogP contribution in [0.3, 0.4) is 0 Å². The fourth-order valence-corrected chi connectivity index (χ4v) is 10.2. The fourth-order valence-electron chi connectivity index (χ4n) is 8.94. The second-order valence-corrected chi connectivity index (χ2v) is 20.0. The molecule has 3 N–H and O–H groups in total. The van der Waals surface area contributed by atoms with Crippen molar-refractivity contribution in [3.63, 3.8) is 0 Å². The number of anilines is 7. The second-order valence-electron chi connectivity index (χ2n) is 16.4. The van der Waals surface area contributed by atoms with Crippen molar-refractivity contribution >= 4 is 76.2 Å². The molecule has 0 radical (unpaired) electrons. The number of carbonyl (C=O) groups excluding carboxylic acids is 2. The van der Waals surface area contributed by atoms with Crippen LogP contribution in [-0.2, 0) is 9.36 Å². The normalized spacial score (nSPS) is 18.9.